The van der Waals surface area contributed by atoms with Crippen molar-refractivity contribution in [2.45, 2.75) is 102 Å². The molecular formula is C31H46N4O8. The summed E-state index contributed by atoms with van der Waals surface area (Å²) in [7, 11) is 0. The molecule has 8 N–H and O–H groups in total. The average Bonchev–Trinajstić information content (AvgIpc) is 2.88. The number of nitrogens with one attached hydrogen (secondary N) is 1. The molecule has 0 heterocycles. The third kappa shape index (κ3) is 10.5. The van der Waals surface area contributed by atoms with Gasteiger partial charge in [0.05, 0.1) is 11.7 Å². The summed E-state index contributed by atoms with van der Waals surface area (Å²) in [4.78, 5) is 40.2. The lowest BCUT2D eigenvalue weighted by atomic mass is 9.88. The van der Waals surface area contributed by atoms with Crippen LogP contribution in [-0.2, 0) is 27.1 Å². The fourth-order valence-corrected chi connectivity index (χ4v) is 4.57. The van der Waals surface area contributed by atoms with E-state index >= 15 is 0 Å². The zero-order valence-electron chi connectivity index (χ0n) is 25.7. The Morgan fingerprint density at radius 2 is 1.44 bits per heavy atom. The van der Waals surface area contributed by atoms with Crippen LogP contribution in [0.25, 0.3) is 0 Å². The van der Waals surface area contributed by atoms with Crippen LogP contribution in [0.2, 0.25) is 0 Å². The van der Waals surface area contributed by atoms with Gasteiger partial charge < -0.3 is 36.3 Å². The monoisotopic (exact) mass is 602 g/mol. The second-order valence-corrected chi connectivity index (χ2v) is 12.2. The largest absolute Gasteiger partial charge is 0.444 e. The molecule has 0 saturated heterocycles. The Morgan fingerprint density at radius 3 is 1.88 bits per heavy atom. The number of rotatable bonds is 13. The molecule has 0 spiro atoms. The summed E-state index contributed by atoms with van der Waals surface area (Å²) >= 11 is 0. The first-order valence-electron chi connectivity index (χ1n) is 14.1. The van der Waals surface area contributed by atoms with E-state index in [1.54, 1.807) is 51.1 Å². The number of carbonyl (C=O) groups is 3. The third-order valence-corrected chi connectivity index (χ3v) is 6.70. The van der Waals surface area contributed by atoms with Gasteiger partial charge in [-0.1, -0.05) is 60.7 Å². The maximum absolute atomic E-state index is 14.0. The molecule has 0 saturated carbocycles. The summed E-state index contributed by atoms with van der Waals surface area (Å²) in [6, 6.07) is 16.1. The van der Waals surface area contributed by atoms with E-state index in [4.69, 9.17) is 20.9 Å². The van der Waals surface area contributed by atoms with Crippen LogP contribution in [0.1, 0.15) is 59.1 Å². The molecule has 3 amide bonds. The van der Waals surface area contributed by atoms with E-state index in [9.17, 15) is 29.7 Å². The average molecular weight is 603 g/mol. The number of carbonyl (C=O) groups excluding carboxylic acids is 3. The fraction of sp³-hybridized carbons (Fsp3) is 0.516. The fourth-order valence-electron chi connectivity index (χ4n) is 4.57. The first kappa shape index (κ1) is 35.5. The highest BCUT2D eigenvalue weighted by Crippen LogP contribution is 2.29. The quantitative estimate of drug-likeness (QED) is 0.186. The first-order chi connectivity index (χ1) is 19.8. The van der Waals surface area contributed by atoms with Crippen LogP contribution in [0.3, 0.4) is 0 Å². The Bertz CT molecular complexity index is 1200. The standard InChI is InChI=1S/C31H46N4O8/c1-20(36)31(33,19-22-15-11-8-12-16-22)35(24(25(32)38)30(5,6)41)28(40)42-26(34-27(39)43-29(2,3)4)23(37)18-17-21-13-9-7-10-14-21/h7-16,20,23-24,26,36-37,41H,17-19,33H2,1-6H3,(H2,32,38)(H,34,39). The van der Waals surface area contributed by atoms with Crippen molar-refractivity contribution in [1.29, 1.82) is 0 Å². The van der Waals surface area contributed by atoms with Crippen LogP contribution in [0.5, 0.6) is 0 Å². The van der Waals surface area contributed by atoms with Crippen molar-refractivity contribution in [3.63, 3.8) is 0 Å². The second-order valence-electron chi connectivity index (χ2n) is 12.2. The number of aliphatic hydroxyl groups is 3. The number of aryl methyl sites for hydroxylation is 1. The zero-order chi connectivity index (χ0) is 32.6. The van der Waals surface area contributed by atoms with E-state index in [-0.39, 0.29) is 12.8 Å². The molecular weight excluding hydrogens is 556 g/mol. The Kier molecular flexibility index (Phi) is 12.1. The van der Waals surface area contributed by atoms with Gasteiger partial charge in [-0.15, -0.1) is 0 Å². The molecule has 12 nitrogen and oxygen atoms in total. The number of hydrogen-bond acceptors (Lipinski definition) is 9. The maximum Gasteiger partial charge on any atom is 0.414 e. The van der Waals surface area contributed by atoms with Gasteiger partial charge in [0, 0.05) is 6.42 Å². The molecule has 238 valence electrons. The summed E-state index contributed by atoms with van der Waals surface area (Å²) in [5.74, 6) is -1.13. The van der Waals surface area contributed by atoms with Gasteiger partial charge in [0.25, 0.3) is 0 Å². The van der Waals surface area contributed by atoms with Crippen molar-refractivity contribution >= 4 is 18.1 Å². The topological polar surface area (TPSA) is 198 Å². The number of amides is 3. The normalized spacial score (nSPS) is 16.1. The van der Waals surface area contributed by atoms with Crippen LogP contribution in [-0.4, -0.2) is 79.7 Å². The Morgan fingerprint density at radius 1 is 0.930 bits per heavy atom. The lowest BCUT2D eigenvalue weighted by Crippen LogP contribution is -2.74. The molecule has 2 aromatic carbocycles. The summed E-state index contributed by atoms with van der Waals surface area (Å²) in [5, 5.41) is 35.4. The molecule has 12 heteroatoms. The Hall–Kier alpha value is -3.71. The minimum Gasteiger partial charge on any atom is -0.444 e. The molecule has 0 radical (unpaired) electrons. The molecule has 2 rings (SSSR count). The van der Waals surface area contributed by atoms with E-state index in [2.05, 4.69) is 5.32 Å². The van der Waals surface area contributed by atoms with Gasteiger partial charge in [-0.05, 0) is 65.5 Å². The van der Waals surface area contributed by atoms with Gasteiger partial charge in [0.1, 0.15) is 23.4 Å². The van der Waals surface area contributed by atoms with Crippen molar-refractivity contribution in [3.05, 3.63) is 71.8 Å². The van der Waals surface area contributed by atoms with Crippen LogP contribution in [0.4, 0.5) is 9.59 Å². The summed E-state index contributed by atoms with van der Waals surface area (Å²) in [5.41, 5.74) is 8.95. The smallest absolute Gasteiger partial charge is 0.414 e. The summed E-state index contributed by atoms with van der Waals surface area (Å²) in [6.07, 6.45) is -6.68. The molecule has 0 bridgehead atoms. The maximum atomic E-state index is 14.0. The number of alkyl carbamates (subject to hydrolysis) is 1. The van der Waals surface area contributed by atoms with Crippen LogP contribution >= 0.6 is 0 Å². The number of benzene rings is 2. The van der Waals surface area contributed by atoms with Gasteiger partial charge in [-0.25, -0.2) is 9.59 Å². The number of nitrogens with zero attached hydrogens (tertiary/aromatic N) is 1. The summed E-state index contributed by atoms with van der Waals surface area (Å²) in [6.45, 7) is 8.72. The molecule has 5 unspecified atom stereocenters. The van der Waals surface area contributed by atoms with E-state index in [0.717, 1.165) is 5.56 Å². The van der Waals surface area contributed by atoms with Crippen LogP contribution in [0, 0.1) is 0 Å². The lowest BCUT2D eigenvalue weighted by Gasteiger charge is -2.48. The molecule has 2 aromatic rings. The van der Waals surface area contributed by atoms with Gasteiger partial charge in [-0.3, -0.25) is 15.0 Å². The highest BCUT2D eigenvalue weighted by atomic mass is 16.6. The van der Waals surface area contributed by atoms with Gasteiger partial charge in [-0.2, -0.15) is 0 Å². The lowest BCUT2D eigenvalue weighted by molar-refractivity contribution is -0.144. The van der Waals surface area contributed by atoms with E-state index in [1.165, 1.54) is 20.8 Å². The number of primary amides is 1. The molecule has 0 aromatic heterocycles. The van der Waals surface area contributed by atoms with Crippen molar-refractivity contribution in [2.24, 2.45) is 11.5 Å². The molecule has 43 heavy (non-hydrogen) atoms. The van der Waals surface area contributed by atoms with Crippen molar-refractivity contribution < 1.29 is 39.2 Å². The number of ether oxygens (including phenoxy) is 2. The molecule has 0 aliphatic heterocycles. The van der Waals surface area contributed by atoms with Crippen molar-refractivity contribution in [2.75, 3.05) is 0 Å². The number of nitrogens with two attached hydrogens (primary N) is 2. The van der Waals surface area contributed by atoms with Crippen molar-refractivity contribution in [3.8, 4) is 0 Å². The SMILES string of the molecule is CC(O)C(N)(Cc1ccccc1)N(C(=O)OC(NC(=O)OC(C)(C)C)C(O)CCc1ccccc1)C(C(N)=O)C(C)(C)O. The van der Waals surface area contributed by atoms with E-state index in [1.807, 2.05) is 30.3 Å². The van der Waals surface area contributed by atoms with Gasteiger partial charge in [0.2, 0.25) is 12.1 Å². The highest BCUT2D eigenvalue weighted by Gasteiger charge is 2.52. The number of hydrogen-bond donors (Lipinski definition) is 6. The minimum atomic E-state index is -2.05. The predicted molar refractivity (Wildman–Crippen MR) is 160 cm³/mol. The zero-order valence-corrected chi connectivity index (χ0v) is 25.7. The Labute approximate surface area is 253 Å². The van der Waals surface area contributed by atoms with Crippen LogP contribution < -0.4 is 16.8 Å². The molecule has 0 fully saturated rings. The Balaban J connectivity index is 2.54. The van der Waals surface area contributed by atoms with E-state index in [0.29, 0.717) is 16.9 Å². The molecule has 5 atom stereocenters. The summed E-state index contributed by atoms with van der Waals surface area (Å²) < 4.78 is 10.9. The highest BCUT2D eigenvalue weighted by molar-refractivity contribution is 5.86. The number of aliphatic hydroxyl groups excluding tert-OH is 2. The van der Waals surface area contributed by atoms with Gasteiger partial charge in [0.15, 0.2) is 0 Å². The van der Waals surface area contributed by atoms with Crippen LogP contribution in [0.15, 0.2) is 60.7 Å². The predicted octanol–water partition coefficient (Wildman–Crippen LogP) is 2.17. The molecule has 0 aliphatic rings. The van der Waals surface area contributed by atoms with Crippen molar-refractivity contribution in [1.82, 2.24) is 10.2 Å². The van der Waals surface area contributed by atoms with E-state index < -0.39 is 59.4 Å². The molecule has 0 aliphatic carbocycles. The second kappa shape index (κ2) is 14.6. The minimum absolute atomic E-state index is 0.0523. The van der Waals surface area contributed by atoms with Gasteiger partial charge >= 0.3 is 12.2 Å². The third-order valence-electron chi connectivity index (χ3n) is 6.70. The first-order valence-corrected chi connectivity index (χ1v) is 14.1.